The SMILES string of the molecule is O=[N+]([O-])c1ccc(-c2nc3cc(F)c(F)cc3[nH]2)cc1. The maximum atomic E-state index is 13.1. The van der Waals surface area contributed by atoms with Crippen LogP contribution in [0.15, 0.2) is 36.4 Å². The molecule has 3 aromatic rings. The second-order valence-corrected chi connectivity index (χ2v) is 4.17. The number of halogens is 2. The van der Waals surface area contributed by atoms with Crippen molar-refractivity contribution >= 4 is 16.7 Å². The molecule has 0 aliphatic carbocycles. The topological polar surface area (TPSA) is 71.8 Å². The fourth-order valence-electron chi connectivity index (χ4n) is 1.88. The maximum Gasteiger partial charge on any atom is 0.269 e. The highest BCUT2D eigenvalue weighted by molar-refractivity contribution is 5.79. The van der Waals surface area contributed by atoms with E-state index in [9.17, 15) is 18.9 Å². The Bertz CT molecular complexity index is 773. The molecule has 7 heteroatoms. The molecule has 0 radical (unpaired) electrons. The lowest BCUT2D eigenvalue weighted by atomic mass is 10.2. The van der Waals surface area contributed by atoms with Crippen LogP contribution in [0.1, 0.15) is 0 Å². The highest BCUT2D eigenvalue weighted by Crippen LogP contribution is 2.24. The Morgan fingerprint density at radius 2 is 1.75 bits per heavy atom. The van der Waals surface area contributed by atoms with Gasteiger partial charge in [-0.1, -0.05) is 0 Å². The summed E-state index contributed by atoms with van der Waals surface area (Å²) in [6.07, 6.45) is 0. The molecule has 3 rings (SSSR count). The number of fused-ring (bicyclic) bond motifs is 1. The fraction of sp³-hybridized carbons (Fsp3) is 0. The van der Waals surface area contributed by atoms with Gasteiger partial charge in [-0.2, -0.15) is 0 Å². The highest BCUT2D eigenvalue weighted by Gasteiger charge is 2.11. The first-order chi connectivity index (χ1) is 9.54. The van der Waals surface area contributed by atoms with Gasteiger partial charge >= 0.3 is 0 Å². The molecule has 0 saturated carbocycles. The molecule has 0 aliphatic rings. The van der Waals surface area contributed by atoms with Crippen LogP contribution in [-0.4, -0.2) is 14.9 Å². The first-order valence-electron chi connectivity index (χ1n) is 5.64. The molecule has 0 fully saturated rings. The zero-order chi connectivity index (χ0) is 14.3. The predicted molar refractivity (Wildman–Crippen MR) is 68.1 cm³/mol. The quantitative estimate of drug-likeness (QED) is 0.575. The van der Waals surface area contributed by atoms with Gasteiger partial charge in [0.05, 0.1) is 16.0 Å². The molecule has 0 atom stereocenters. The van der Waals surface area contributed by atoms with Gasteiger partial charge in [-0.25, -0.2) is 13.8 Å². The number of nitrogens with one attached hydrogen (secondary N) is 1. The fourth-order valence-corrected chi connectivity index (χ4v) is 1.88. The van der Waals surface area contributed by atoms with E-state index in [0.29, 0.717) is 16.9 Å². The number of rotatable bonds is 2. The van der Waals surface area contributed by atoms with E-state index in [1.54, 1.807) is 0 Å². The molecule has 5 nitrogen and oxygen atoms in total. The molecular weight excluding hydrogens is 268 g/mol. The van der Waals surface area contributed by atoms with Gasteiger partial charge in [-0.3, -0.25) is 10.1 Å². The van der Waals surface area contributed by atoms with Crippen LogP contribution in [0.4, 0.5) is 14.5 Å². The van der Waals surface area contributed by atoms with Crippen molar-refractivity contribution in [3.05, 3.63) is 58.1 Å². The van der Waals surface area contributed by atoms with Crippen LogP contribution in [0.25, 0.3) is 22.4 Å². The third-order valence-electron chi connectivity index (χ3n) is 2.88. The Balaban J connectivity index is 2.07. The van der Waals surface area contributed by atoms with Crippen molar-refractivity contribution in [3.63, 3.8) is 0 Å². The van der Waals surface area contributed by atoms with Crippen LogP contribution >= 0.6 is 0 Å². The van der Waals surface area contributed by atoms with Crippen LogP contribution in [-0.2, 0) is 0 Å². The summed E-state index contributed by atoms with van der Waals surface area (Å²) in [6.45, 7) is 0. The maximum absolute atomic E-state index is 13.1. The van der Waals surface area contributed by atoms with E-state index in [2.05, 4.69) is 9.97 Å². The smallest absolute Gasteiger partial charge is 0.269 e. The van der Waals surface area contributed by atoms with Gasteiger partial charge in [-0.15, -0.1) is 0 Å². The number of hydrogen-bond acceptors (Lipinski definition) is 3. The lowest BCUT2D eigenvalue weighted by Gasteiger charge is -1.95. The second kappa shape index (κ2) is 4.37. The number of nitro benzene ring substituents is 1. The van der Waals surface area contributed by atoms with Crippen LogP contribution in [0.3, 0.4) is 0 Å². The molecule has 100 valence electrons. The van der Waals surface area contributed by atoms with Gasteiger partial charge in [0.25, 0.3) is 5.69 Å². The minimum absolute atomic E-state index is 0.0399. The summed E-state index contributed by atoms with van der Waals surface area (Å²) in [5.41, 5.74) is 1.20. The van der Waals surface area contributed by atoms with Gasteiger partial charge in [0.2, 0.25) is 0 Å². The monoisotopic (exact) mass is 275 g/mol. The van der Waals surface area contributed by atoms with Gasteiger partial charge in [-0.05, 0) is 12.1 Å². The Morgan fingerprint density at radius 3 is 2.40 bits per heavy atom. The number of nitrogens with zero attached hydrogens (tertiary/aromatic N) is 2. The van der Waals surface area contributed by atoms with Crippen molar-refractivity contribution in [3.8, 4) is 11.4 Å². The normalized spacial score (nSPS) is 10.9. The van der Waals surface area contributed by atoms with Crippen LogP contribution in [0.2, 0.25) is 0 Å². The van der Waals surface area contributed by atoms with Gasteiger partial charge < -0.3 is 4.98 Å². The molecule has 0 unspecified atom stereocenters. The Morgan fingerprint density at radius 1 is 1.10 bits per heavy atom. The number of hydrogen-bond donors (Lipinski definition) is 1. The first-order valence-corrected chi connectivity index (χ1v) is 5.64. The highest BCUT2D eigenvalue weighted by atomic mass is 19.2. The number of aromatic nitrogens is 2. The minimum Gasteiger partial charge on any atom is -0.338 e. The van der Waals surface area contributed by atoms with E-state index < -0.39 is 16.6 Å². The van der Waals surface area contributed by atoms with E-state index in [0.717, 1.165) is 12.1 Å². The van der Waals surface area contributed by atoms with Crippen molar-refractivity contribution in [1.29, 1.82) is 0 Å². The van der Waals surface area contributed by atoms with E-state index in [1.165, 1.54) is 24.3 Å². The molecule has 0 spiro atoms. The number of benzene rings is 2. The first kappa shape index (κ1) is 12.2. The summed E-state index contributed by atoms with van der Waals surface area (Å²) in [7, 11) is 0. The van der Waals surface area contributed by atoms with E-state index in [-0.39, 0.29) is 11.2 Å². The Hall–Kier alpha value is -2.83. The number of H-pyrrole nitrogens is 1. The van der Waals surface area contributed by atoms with Crippen LogP contribution in [0.5, 0.6) is 0 Å². The Kier molecular flexibility index (Phi) is 2.67. The third-order valence-corrected chi connectivity index (χ3v) is 2.88. The second-order valence-electron chi connectivity index (χ2n) is 4.17. The lowest BCUT2D eigenvalue weighted by Crippen LogP contribution is -1.87. The van der Waals surface area contributed by atoms with Crippen molar-refractivity contribution in [2.24, 2.45) is 0 Å². The van der Waals surface area contributed by atoms with Crippen molar-refractivity contribution < 1.29 is 13.7 Å². The predicted octanol–water partition coefficient (Wildman–Crippen LogP) is 3.42. The zero-order valence-corrected chi connectivity index (χ0v) is 9.93. The molecular formula is C13H7F2N3O2. The summed E-state index contributed by atoms with van der Waals surface area (Å²) in [6, 6.07) is 7.72. The lowest BCUT2D eigenvalue weighted by molar-refractivity contribution is -0.384. The minimum atomic E-state index is -0.973. The standard InChI is InChI=1S/C13H7F2N3O2/c14-9-5-11-12(6-10(9)15)17-13(16-11)7-1-3-8(4-2-7)18(19)20/h1-6H,(H,16,17). The summed E-state index contributed by atoms with van der Waals surface area (Å²) in [4.78, 5) is 17.0. The van der Waals surface area contributed by atoms with E-state index >= 15 is 0 Å². The zero-order valence-electron chi connectivity index (χ0n) is 9.93. The molecule has 0 saturated heterocycles. The van der Waals surface area contributed by atoms with E-state index in [1.807, 2.05) is 0 Å². The number of imidazole rings is 1. The van der Waals surface area contributed by atoms with Crippen molar-refractivity contribution in [1.82, 2.24) is 9.97 Å². The molecule has 0 amide bonds. The van der Waals surface area contributed by atoms with Crippen LogP contribution in [0, 0.1) is 21.7 Å². The summed E-state index contributed by atoms with van der Waals surface area (Å²) < 4.78 is 26.2. The number of non-ortho nitro benzene ring substituents is 1. The summed E-state index contributed by atoms with van der Waals surface area (Å²) in [5, 5.41) is 10.6. The third kappa shape index (κ3) is 1.99. The molecule has 2 aromatic carbocycles. The van der Waals surface area contributed by atoms with Crippen molar-refractivity contribution in [2.45, 2.75) is 0 Å². The van der Waals surface area contributed by atoms with E-state index in [4.69, 9.17) is 0 Å². The molecule has 0 aliphatic heterocycles. The molecule has 20 heavy (non-hydrogen) atoms. The van der Waals surface area contributed by atoms with Gasteiger partial charge in [0, 0.05) is 29.8 Å². The Labute approximate surface area is 111 Å². The average molecular weight is 275 g/mol. The van der Waals surface area contributed by atoms with Crippen LogP contribution < -0.4 is 0 Å². The molecule has 1 N–H and O–H groups in total. The number of nitro groups is 1. The largest absolute Gasteiger partial charge is 0.338 e. The van der Waals surface area contributed by atoms with Gasteiger partial charge in [0.15, 0.2) is 11.6 Å². The van der Waals surface area contributed by atoms with Gasteiger partial charge in [0.1, 0.15) is 5.82 Å². The number of aromatic amines is 1. The summed E-state index contributed by atoms with van der Waals surface area (Å²) in [5.74, 6) is -1.55. The molecule has 1 heterocycles. The van der Waals surface area contributed by atoms with Crippen molar-refractivity contribution in [2.75, 3.05) is 0 Å². The molecule has 1 aromatic heterocycles. The average Bonchev–Trinajstić information content (AvgIpc) is 2.82. The summed E-state index contributed by atoms with van der Waals surface area (Å²) >= 11 is 0. The molecule has 0 bridgehead atoms.